The van der Waals surface area contributed by atoms with Crippen LogP contribution in [0.25, 0.3) is 0 Å². The molecule has 1 aromatic carbocycles. The van der Waals surface area contributed by atoms with Gasteiger partial charge in [0.2, 0.25) is 5.91 Å². The molecule has 17 heavy (non-hydrogen) atoms. The standard InChI is InChI=1S/C11H11ClN2O3/c1-5(11(16)17)9-10(15)14-7-3-2-6(12)4-8(7)13-9/h2-5,9,13H,1H3,(H,14,15)(H,16,17). The van der Waals surface area contributed by atoms with Gasteiger partial charge >= 0.3 is 5.97 Å². The first-order valence-electron chi connectivity index (χ1n) is 5.09. The third-order valence-corrected chi connectivity index (χ3v) is 2.96. The minimum atomic E-state index is -1.02. The predicted molar refractivity (Wildman–Crippen MR) is 64.3 cm³/mol. The van der Waals surface area contributed by atoms with Gasteiger partial charge in [-0.25, -0.2) is 0 Å². The Morgan fingerprint density at radius 3 is 2.82 bits per heavy atom. The Hall–Kier alpha value is -1.75. The highest BCUT2D eigenvalue weighted by molar-refractivity contribution is 6.31. The monoisotopic (exact) mass is 254 g/mol. The fourth-order valence-corrected chi connectivity index (χ4v) is 1.86. The molecule has 2 rings (SSSR count). The maximum absolute atomic E-state index is 11.7. The van der Waals surface area contributed by atoms with Crippen LogP contribution in [0.2, 0.25) is 5.02 Å². The lowest BCUT2D eigenvalue weighted by molar-refractivity contribution is -0.143. The summed E-state index contributed by atoms with van der Waals surface area (Å²) < 4.78 is 0. The van der Waals surface area contributed by atoms with Crippen molar-refractivity contribution in [3.63, 3.8) is 0 Å². The second kappa shape index (κ2) is 4.25. The summed E-state index contributed by atoms with van der Waals surface area (Å²) in [5.41, 5.74) is 1.24. The molecule has 5 nitrogen and oxygen atoms in total. The van der Waals surface area contributed by atoms with Crippen LogP contribution in [0.1, 0.15) is 6.92 Å². The van der Waals surface area contributed by atoms with Gasteiger partial charge in [0.15, 0.2) is 0 Å². The van der Waals surface area contributed by atoms with Crippen molar-refractivity contribution in [2.24, 2.45) is 5.92 Å². The van der Waals surface area contributed by atoms with Gasteiger partial charge in [0.05, 0.1) is 17.3 Å². The number of carboxylic acids is 1. The van der Waals surface area contributed by atoms with Gasteiger partial charge in [-0.2, -0.15) is 0 Å². The predicted octanol–water partition coefficient (Wildman–Crippen LogP) is 1.79. The highest BCUT2D eigenvalue weighted by Crippen LogP contribution is 2.31. The molecule has 1 aromatic rings. The van der Waals surface area contributed by atoms with Crippen LogP contribution in [-0.2, 0) is 9.59 Å². The van der Waals surface area contributed by atoms with Crippen LogP contribution in [-0.4, -0.2) is 23.0 Å². The lowest BCUT2D eigenvalue weighted by Crippen LogP contribution is -2.45. The molecule has 1 aliphatic rings. The van der Waals surface area contributed by atoms with Crippen LogP contribution in [0, 0.1) is 5.92 Å². The average Bonchev–Trinajstić information content (AvgIpc) is 2.27. The van der Waals surface area contributed by atoms with E-state index in [0.717, 1.165) is 0 Å². The highest BCUT2D eigenvalue weighted by Gasteiger charge is 2.33. The van der Waals surface area contributed by atoms with E-state index in [2.05, 4.69) is 10.6 Å². The van der Waals surface area contributed by atoms with Crippen molar-refractivity contribution in [3.05, 3.63) is 23.2 Å². The summed E-state index contributed by atoms with van der Waals surface area (Å²) in [4.78, 5) is 22.6. The molecule has 90 valence electrons. The van der Waals surface area contributed by atoms with Gasteiger partial charge in [0, 0.05) is 5.02 Å². The lowest BCUT2D eigenvalue weighted by atomic mass is 9.98. The smallest absolute Gasteiger partial charge is 0.308 e. The first-order valence-corrected chi connectivity index (χ1v) is 5.46. The summed E-state index contributed by atoms with van der Waals surface area (Å²) in [5, 5.41) is 15.0. The van der Waals surface area contributed by atoms with E-state index in [1.54, 1.807) is 18.2 Å². The quantitative estimate of drug-likeness (QED) is 0.752. The van der Waals surface area contributed by atoms with Gasteiger partial charge in [0.1, 0.15) is 6.04 Å². The zero-order chi connectivity index (χ0) is 12.6. The molecule has 0 fully saturated rings. The summed E-state index contributed by atoms with van der Waals surface area (Å²) in [7, 11) is 0. The minimum Gasteiger partial charge on any atom is -0.481 e. The number of benzene rings is 1. The van der Waals surface area contributed by atoms with Gasteiger partial charge < -0.3 is 15.7 Å². The number of carbonyl (C=O) groups excluding carboxylic acids is 1. The normalized spacial score (nSPS) is 19.9. The molecule has 0 aromatic heterocycles. The van der Waals surface area contributed by atoms with E-state index in [0.29, 0.717) is 16.4 Å². The number of hydrogen-bond donors (Lipinski definition) is 3. The Bertz CT molecular complexity index is 490. The molecule has 6 heteroatoms. The van der Waals surface area contributed by atoms with E-state index < -0.39 is 17.9 Å². The summed E-state index contributed by atoms with van der Waals surface area (Å²) in [6, 6.07) is 4.18. The van der Waals surface area contributed by atoms with Crippen molar-refractivity contribution in [3.8, 4) is 0 Å². The number of amides is 1. The van der Waals surface area contributed by atoms with E-state index in [1.165, 1.54) is 6.92 Å². The van der Waals surface area contributed by atoms with Crippen molar-refractivity contribution < 1.29 is 14.7 Å². The lowest BCUT2D eigenvalue weighted by Gasteiger charge is -2.29. The molecule has 0 saturated heterocycles. The van der Waals surface area contributed by atoms with Crippen LogP contribution < -0.4 is 10.6 Å². The van der Waals surface area contributed by atoms with Gasteiger partial charge in [-0.1, -0.05) is 11.6 Å². The fraction of sp³-hybridized carbons (Fsp3) is 0.273. The Morgan fingerprint density at radius 1 is 1.47 bits per heavy atom. The summed E-state index contributed by atoms with van der Waals surface area (Å²) in [5.74, 6) is -2.19. The highest BCUT2D eigenvalue weighted by atomic mass is 35.5. The molecule has 0 spiro atoms. The van der Waals surface area contributed by atoms with Crippen molar-refractivity contribution in [1.29, 1.82) is 0 Å². The molecule has 0 radical (unpaired) electrons. The second-order valence-corrected chi connectivity index (χ2v) is 4.36. The summed E-state index contributed by atoms with van der Waals surface area (Å²) in [6.07, 6.45) is 0. The zero-order valence-corrected chi connectivity index (χ0v) is 9.78. The first kappa shape index (κ1) is 11.7. The van der Waals surface area contributed by atoms with Gasteiger partial charge in [-0.05, 0) is 25.1 Å². The van der Waals surface area contributed by atoms with Crippen LogP contribution in [0.5, 0.6) is 0 Å². The topological polar surface area (TPSA) is 78.4 Å². The van der Waals surface area contributed by atoms with Crippen molar-refractivity contribution in [1.82, 2.24) is 0 Å². The van der Waals surface area contributed by atoms with E-state index in [4.69, 9.17) is 16.7 Å². The van der Waals surface area contributed by atoms with E-state index in [1.807, 2.05) is 0 Å². The molecule has 1 amide bonds. The van der Waals surface area contributed by atoms with E-state index in [-0.39, 0.29) is 5.91 Å². The van der Waals surface area contributed by atoms with E-state index >= 15 is 0 Å². The molecule has 1 aliphatic heterocycles. The number of hydrogen-bond acceptors (Lipinski definition) is 3. The number of carbonyl (C=O) groups is 2. The van der Waals surface area contributed by atoms with Gasteiger partial charge in [-0.15, -0.1) is 0 Å². The molecular formula is C11H11ClN2O3. The molecule has 3 N–H and O–H groups in total. The SMILES string of the molecule is CC(C(=O)O)C1Nc2cc(Cl)ccc2NC1=O. The molecule has 0 aliphatic carbocycles. The Kier molecular flexibility index (Phi) is 2.93. The number of fused-ring (bicyclic) bond motifs is 1. The van der Waals surface area contributed by atoms with Gasteiger partial charge in [-0.3, -0.25) is 9.59 Å². The minimum absolute atomic E-state index is 0.352. The van der Waals surface area contributed by atoms with Gasteiger partial charge in [0.25, 0.3) is 0 Å². The average molecular weight is 255 g/mol. The molecule has 2 unspecified atom stereocenters. The first-order chi connectivity index (χ1) is 7.99. The molecule has 0 bridgehead atoms. The largest absolute Gasteiger partial charge is 0.481 e. The third-order valence-electron chi connectivity index (χ3n) is 2.72. The number of anilines is 2. The summed E-state index contributed by atoms with van der Waals surface area (Å²) in [6.45, 7) is 1.48. The summed E-state index contributed by atoms with van der Waals surface area (Å²) >= 11 is 5.83. The molecular weight excluding hydrogens is 244 g/mol. The number of halogens is 1. The third kappa shape index (κ3) is 2.19. The molecule has 0 saturated carbocycles. The zero-order valence-electron chi connectivity index (χ0n) is 9.03. The Balaban J connectivity index is 2.31. The Labute approximate surface area is 103 Å². The van der Waals surface area contributed by atoms with Crippen LogP contribution in [0.4, 0.5) is 11.4 Å². The van der Waals surface area contributed by atoms with Crippen molar-refractivity contribution in [2.75, 3.05) is 10.6 Å². The Morgan fingerprint density at radius 2 is 2.18 bits per heavy atom. The second-order valence-electron chi connectivity index (χ2n) is 3.93. The number of aliphatic carboxylic acids is 1. The number of carboxylic acid groups (broad SMARTS) is 1. The fourth-order valence-electron chi connectivity index (χ4n) is 1.68. The van der Waals surface area contributed by atoms with Crippen molar-refractivity contribution >= 4 is 34.9 Å². The van der Waals surface area contributed by atoms with Crippen LogP contribution in [0.15, 0.2) is 18.2 Å². The van der Waals surface area contributed by atoms with Crippen LogP contribution >= 0.6 is 11.6 Å². The number of nitrogens with one attached hydrogen (secondary N) is 2. The maximum atomic E-state index is 11.7. The molecule has 2 atom stereocenters. The van der Waals surface area contributed by atoms with Crippen LogP contribution in [0.3, 0.4) is 0 Å². The maximum Gasteiger partial charge on any atom is 0.308 e. The van der Waals surface area contributed by atoms with Crippen molar-refractivity contribution in [2.45, 2.75) is 13.0 Å². The molecule has 1 heterocycles. The van der Waals surface area contributed by atoms with E-state index in [9.17, 15) is 9.59 Å². The number of rotatable bonds is 2.